The van der Waals surface area contributed by atoms with E-state index in [0.29, 0.717) is 0 Å². The molecule has 17 heavy (non-hydrogen) atoms. The molecule has 1 heterocycles. The van der Waals surface area contributed by atoms with Crippen LogP contribution in [0.3, 0.4) is 0 Å². The summed E-state index contributed by atoms with van der Waals surface area (Å²) in [6, 6.07) is 17.2. The van der Waals surface area contributed by atoms with Crippen LogP contribution < -0.4 is 0 Å². The zero-order valence-corrected chi connectivity index (χ0v) is 10.2. The molecule has 0 atom stereocenters. The summed E-state index contributed by atoms with van der Waals surface area (Å²) in [6.45, 7) is 0.911. The molecule has 0 spiro atoms. The molecule has 0 aliphatic heterocycles. The zero-order valence-electron chi connectivity index (χ0n) is 10.2. The van der Waals surface area contributed by atoms with Gasteiger partial charge in [0.25, 0.3) is 0 Å². The van der Waals surface area contributed by atoms with Crippen molar-refractivity contribution < 1.29 is 0 Å². The van der Waals surface area contributed by atoms with Gasteiger partial charge >= 0.3 is 0 Å². The van der Waals surface area contributed by atoms with Crippen LogP contribution in [0.15, 0.2) is 48.5 Å². The van der Waals surface area contributed by atoms with Gasteiger partial charge < -0.3 is 4.57 Å². The monoisotopic (exact) mass is 224 g/mol. The molecule has 0 aliphatic rings. The van der Waals surface area contributed by atoms with Gasteiger partial charge in [-0.1, -0.05) is 36.4 Å². The molecule has 3 rings (SSSR count). The van der Waals surface area contributed by atoms with E-state index in [4.69, 9.17) is 0 Å². The van der Waals surface area contributed by atoms with Crippen LogP contribution in [0.5, 0.6) is 0 Å². The molecular weight excluding hydrogens is 208 g/mol. The molecule has 0 radical (unpaired) electrons. The van der Waals surface area contributed by atoms with Crippen LogP contribution in [0.25, 0.3) is 21.8 Å². The Morgan fingerprint density at radius 1 is 0.824 bits per heavy atom. The second-order valence-electron chi connectivity index (χ2n) is 4.68. The summed E-state index contributed by atoms with van der Waals surface area (Å²) in [4.78, 5) is 2.19. The molecule has 2 aromatic carbocycles. The molecule has 0 aliphatic carbocycles. The van der Waals surface area contributed by atoms with Crippen LogP contribution in [0, 0.1) is 0 Å². The lowest BCUT2D eigenvalue weighted by Gasteiger charge is -2.13. The SMILES string of the molecule is CN(C)Cn1c2ccccc2c2ccccc21. The molecular formula is C15H16N2. The Bertz CT molecular complexity index is 612. The molecule has 0 fully saturated rings. The highest BCUT2D eigenvalue weighted by molar-refractivity contribution is 6.07. The topological polar surface area (TPSA) is 8.17 Å². The van der Waals surface area contributed by atoms with Gasteiger partial charge in [0, 0.05) is 10.8 Å². The number of para-hydroxylation sites is 2. The van der Waals surface area contributed by atoms with Crippen LogP contribution in [-0.2, 0) is 6.67 Å². The maximum Gasteiger partial charge on any atom is 0.0752 e. The highest BCUT2D eigenvalue weighted by Gasteiger charge is 2.09. The molecule has 0 bridgehead atoms. The Kier molecular flexibility index (Phi) is 2.37. The lowest BCUT2D eigenvalue weighted by molar-refractivity contribution is 0.338. The fourth-order valence-corrected chi connectivity index (χ4v) is 2.44. The van der Waals surface area contributed by atoms with Crippen molar-refractivity contribution in [3.05, 3.63) is 48.5 Å². The van der Waals surface area contributed by atoms with Gasteiger partial charge in [0.15, 0.2) is 0 Å². The van der Waals surface area contributed by atoms with Crippen molar-refractivity contribution in [3.8, 4) is 0 Å². The summed E-state index contributed by atoms with van der Waals surface area (Å²) in [7, 11) is 4.20. The Morgan fingerprint density at radius 2 is 1.29 bits per heavy atom. The van der Waals surface area contributed by atoms with Crippen molar-refractivity contribution >= 4 is 21.8 Å². The minimum atomic E-state index is 0.911. The number of hydrogen-bond donors (Lipinski definition) is 0. The Morgan fingerprint density at radius 3 is 1.76 bits per heavy atom. The standard InChI is InChI=1S/C15H16N2/c1-16(2)11-17-14-9-5-3-7-12(14)13-8-4-6-10-15(13)17/h3-10H,11H2,1-2H3. The van der Waals surface area contributed by atoms with E-state index in [0.717, 1.165) is 6.67 Å². The van der Waals surface area contributed by atoms with Gasteiger partial charge in [0.2, 0.25) is 0 Å². The van der Waals surface area contributed by atoms with Gasteiger partial charge in [-0.3, -0.25) is 4.90 Å². The highest BCUT2D eigenvalue weighted by Crippen LogP contribution is 2.28. The highest BCUT2D eigenvalue weighted by atomic mass is 15.2. The first kappa shape index (κ1) is 10.4. The first-order chi connectivity index (χ1) is 8.27. The second kappa shape index (κ2) is 3.90. The van der Waals surface area contributed by atoms with E-state index in [2.05, 4.69) is 72.1 Å². The maximum absolute atomic E-state index is 2.37. The van der Waals surface area contributed by atoms with E-state index >= 15 is 0 Å². The molecule has 86 valence electrons. The van der Waals surface area contributed by atoms with E-state index < -0.39 is 0 Å². The average Bonchev–Trinajstić information content (AvgIpc) is 2.65. The predicted octanol–water partition coefficient (Wildman–Crippen LogP) is 3.31. The van der Waals surface area contributed by atoms with Crippen LogP contribution >= 0.6 is 0 Å². The van der Waals surface area contributed by atoms with Gasteiger partial charge in [0.1, 0.15) is 0 Å². The van der Waals surface area contributed by atoms with E-state index in [-0.39, 0.29) is 0 Å². The summed E-state index contributed by atoms with van der Waals surface area (Å²) < 4.78 is 2.37. The van der Waals surface area contributed by atoms with Crippen LogP contribution in [0.2, 0.25) is 0 Å². The van der Waals surface area contributed by atoms with Crippen molar-refractivity contribution in [2.75, 3.05) is 14.1 Å². The predicted molar refractivity (Wildman–Crippen MR) is 73.1 cm³/mol. The number of hydrogen-bond acceptors (Lipinski definition) is 1. The molecule has 2 nitrogen and oxygen atoms in total. The first-order valence-electron chi connectivity index (χ1n) is 5.88. The van der Waals surface area contributed by atoms with Crippen molar-refractivity contribution in [2.45, 2.75) is 6.67 Å². The summed E-state index contributed by atoms with van der Waals surface area (Å²) in [5, 5.41) is 2.68. The molecule has 3 aromatic rings. The van der Waals surface area contributed by atoms with Crippen molar-refractivity contribution in [3.63, 3.8) is 0 Å². The van der Waals surface area contributed by atoms with Gasteiger partial charge in [-0.15, -0.1) is 0 Å². The van der Waals surface area contributed by atoms with Crippen LogP contribution in [0.1, 0.15) is 0 Å². The quantitative estimate of drug-likeness (QED) is 0.648. The molecule has 0 amide bonds. The normalized spacial score (nSPS) is 11.7. The summed E-state index contributed by atoms with van der Waals surface area (Å²) in [6.07, 6.45) is 0. The van der Waals surface area contributed by atoms with E-state index in [1.165, 1.54) is 21.8 Å². The maximum atomic E-state index is 2.37. The Balaban J connectivity index is 2.41. The number of aromatic nitrogens is 1. The smallest absolute Gasteiger partial charge is 0.0752 e. The Labute approximate surface area is 101 Å². The average molecular weight is 224 g/mol. The van der Waals surface area contributed by atoms with E-state index in [9.17, 15) is 0 Å². The first-order valence-corrected chi connectivity index (χ1v) is 5.88. The fraction of sp³-hybridized carbons (Fsp3) is 0.200. The third kappa shape index (κ3) is 1.61. The van der Waals surface area contributed by atoms with Gasteiger partial charge in [-0.25, -0.2) is 0 Å². The van der Waals surface area contributed by atoms with Crippen LogP contribution in [0.4, 0.5) is 0 Å². The number of benzene rings is 2. The third-order valence-corrected chi connectivity index (χ3v) is 3.10. The molecule has 0 unspecified atom stereocenters. The molecule has 0 saturated carbocycles. The minimum Gasteiger partial charge on any atom is -0.327 e. The molecule has 0 saturated heterocycles. The number of nitrogens with zero attached hydrogens (tertiary/aromatic N) is 2. The summed E-state index contributed by atoms with van der Waals surface area (Å²) in [5.74, 6) is 0. The molecule has 2 heteroatoms. The minimum absolute atomic E-state index is 0.911. The van der Waals surface area contributed by atoms with Gasteiger partial charge in [-0.2, -0.15) is 0 Å². The van der Waals surface area contributed by atoms with E-state index in [1.807, 2.05) is 0 Å². The van der Waals surface area contributed by atoms with Crippen molar-refractivity contribution in [2.24, 2.45) is 0 Å². The molecule has 1 aromatic heterocycles. The summed E-state index contributed by atoms with van der Waals surface area (Å²) >= 11 is 0. The summed E-state index contributed by atoms with van der Waals surface area (Å²) in [5.41, 5.74) is 2.62. The molecule has 0 N–H and O–H groups in total. The van der Waals surface area contributed by atoms with Gasteiger partial charge in [-0.05, 0) is 26.2 Å². The fourth-order valence-electron chi connectivity index (χ4n) is 2.44. The number of rotatable bonds is 2. The second-order valence-corrected chi connectivity index (χ2v) is 4.68. The van der Waals surface area contributed by atoms with Gasteiger partial charge in [0.05, 0.1) is 17.7 Å². The van der Waals surface area contributed by atoms with Crippen LogP contribution in [-0.4, -0.2) is 23.6 Å². The largest absolute Gasteiger partial charge is 0.327 e. The van der Waals surface area contributed by atoms with E-state index in [1.54, 1.807) is 0 Å². The lowest BCUT2D eigenvalue weighted by atomic mass is 10.2. The number of fused-ring (bicyclic) bond motifs is 3. The lowest BCUT2D eigenvalue weighted by Crippen LogP contribution is -2.16. The zero-order chi connectivity index (χ0) is 11.8. The third-order valence-electron chi connectivity index (χ3n) is 3.10. The Hall–Kier alpha value is -1.80. The van der Waals surface area contributed by atoms with Crippen molar-refractivity contribution in [1.29, 1.82) is 0 Å². The van der Waals surface area contributed by atoms with Crippen molar-refractivity contribution in [1.82, 2.24) is 9.47 Å².